The summed E-state index contributed by atoms with van der Waals surface area (Å²) in [7, 11) is 2.29. The van der Waals surface area contributed by atoms with Crippen LogP contribution in [-0.2, 0) is 0 Å². The van der Waals surface area contributed by atoms with Crippen LogP contribution in [0.5, 0.6) is 0 Å². The summed E-state index contributed by atoms with van der Waals surface area (Å²) in [5.74, 6) is 0. The number of rotatable bonds is 1. The highest BCUT2D eigenvalue weighted by molar-refractivity contribution is 5.91. The first kappa shape index (κ1) is 14.0. The van der Waals surface area contributed by atoms with Crippen LogP contribution < -0.4 is 10.2 Å². The van der Waals surface area contributed by atoms with Gasteiger partial charge in [0.15, 0.2) is 0 Å². The average molecular weight is 296 g/mol. The fraction of sp³-hybridized carbons (Fsp3) is 0.500. The minimum Gasteiger partial charge on any atom is -0.371 e. The molecule has 0 atom stereocenters. The lowest BCUT2D eigenvalue weighted by atomic mass is 9.84. The SMILES string of the molecule is CN1CCNCC12CCN(c1ccnc3ccccc13)CC2. The second-order valence-electron chi connectivity index (χ2n) is 6.66. The van der Waals surface area contributed by atoms with E-state index >= 15 is 0 Å². The molecule has 4 heteroatoms. The van der Waals surface area contributed by atoms with Crippen molar-refractivity contribution in [1.82, 2.24) is 15.2 Å². The highest BCUT2D eigenvalue weighted by Crippen LogP contribution is 2.33. The minimum atomic E-state index is 0.359. The topological polar surface area (TPSA) is 31.4 Å². The maximum absolute atomic E-state index is 4.49. The Morgan fingerprint density at radius 2 is 1.91 bits per heavy atom. The van der Waals surface area contributed by atoms with E-state index in [1.54, 1.807) is 0 Å². The maximum atomic E-state index is 4.49. The van der Waals surface area contributed by atoms with E-state index in [4.69, 9.17) is 0 Å². The summed E-state index contributed by atoms with van der Waals surface area (Å²) >= 11 is 0. The number of piperidine rings is 1. The number of fused-ring (bicyclic) bond motifs is 1. The van der Waals surface area contributed by atoms with Crippen LogP contribution in [0.3, 0.4) is 0 Å². The van der Waals surface area contributed by atoms with Crippen molar-refractivity contribution in [1.29, 1.82) is 0 Å². The number of nitrogens with zero attached hydrogens (tertiary/aromatic N) is 3. The molecule has 2 saturated heterocycles. The average Bonchev–Trinajstić information content (AvgIpc) is 2.58. The van der Waals surface area contributed by atoms with Crippen LogP contribution >= 0.6 is 0 Å². The highest BCUT2D eigenvalue weighted by atomic mass is 15.3. The quantitative estimate of drug-likeness (QED) is 0.873. The Balaban J connectivity index is 1.58. The summed E-state index contributed by atoms with van der Waals surface area (Å²) in [6.45, 7) is 5.67. The van der Waals surface area contributed by atoms with Gasteiger partial charge in [-0.25, -0.2) is 0 Å². The molecule has 116 valence electrons. The number of nitrogens with one attached hydrogen (secondary N) is 1. The highest BCUT2D eigenvalue weighted by Gasteiger charge is 2.39. The molecule has 3 heterocycles. The van der Waals surface area contributed by atoms with Crippen molar-refractivity contribution in [2.45, 2.75) is 18.4 Å². The van der Waals surface area contributed by atoms with Gasteiger partial charge in [0.2, 0.25) is 0 Å². The number of likely N-dealkylation sites (N-methyl/N-ethyl adjacent to an activating group) is 1. The standard InChI is InChI=1S/C18H24N4/c1-21-13-10-19-14-18(21)7-11-22(12-8-18)17-6-9-20-16-5-3-2-4-15(16)17/h2-6,9,19H,7-8,10-14H2,1H3. The summed E-state index contributed by atoms with van der Waals surface area (Å²) in [5.41, 5.74) is 2.79. The van der Waals surface area contributed by atoms with Gasteiger partial charge in [-0.05, 0) is 32.0 Å². The van der Waals surface area contributed by atoms with Gasteiger partial charge in [0.05, 0.1) is 5.52 Å². The molecule has 1 aromatic heterocycles. The number of para-hydroxylation sites is 1. The van der Waals surface area contributed by atoms with Crippen molar-refractivity contribution in [3.05, 3.63) is 36.5 Å². The van der Waals surface area contributed by atoms with Gasteiger partial charge in [0.25, 0.3) is 0 Å². The van der Waals surface area contributed by atoms with Crippen LogP contribution in [0, 0.1) is 0 Å². The van der Waals surface area contributed by atoms with Gasteiger partial charge in [-0.2, -0.15) is 0 Å². The van der Waals surface area contributed by atoms with E-state index < -0.39 is 0 Å². The third kappa shape index (κ3) is 2.27. The zero-order chi connectivity index (χ0) is 15.0. The predicted molar refractivity (Wildman–Crippen MR) is 91.4 cm³/mol. The lowest BCUT2D eigenvalue weighted by Gasteiger charge is -2.50. The fourth-order valence-electron chi connectivity index (χ4n) is 4.02. The summed E-state index contributed by atoms with van der Waals surface area (Å²) in [6, 6.07) is 10.6. The number of hydrogen-bond donors (Lipinski definition) is 1. The molecule has 0 unspecified atom stereocenters. The van der Waals surface area contributed by atoms with Crippen LogP contribution in [0.15, 0.2) is 36.5 Å². The first-order valence-corrected chi connectivity index (χ1v) is 8.29. The van der Waals surface area contributed by atoms with Crippen molar-refractivity contribution < 1.29 is 0 Å². The van der Waals surface area contributed by atoms with Gasteiger partial charge in [-0.1, -0.05) is 18.2 Å². The number of benzene rings is 1. The zero-order valence-electron chi connectivity index (χ0n) is 13.3. The summed E-state index contributed by atoms with van der Waals surface area (Å²) in [6.07, 6.45) is 4.40. The van der Waals surface area contributed by atoms with Crippen molar-refractivity contribution in [2.75, 3.05) is 44.7 Å². The normalized spacial score (nSPS) is 22.3. The Bertz CT molecular complexity index is 656. The minimum absolute atomic E-state index is 0.359. The van der Waals surface area contributed by atoms with Crippen molar-refractivity contribution in [3.63, 3.8) is 0 Å². The molecular formula is C18H24N4. The second-order valence-corrected chi connectivity index (χ2v) is 6.66. The van der Waals surface area contributed by atoms with Crippen molar-refractivity contribution in [3.8, 4) is 0 Å². The third-order valence-electron chi connectivity index (χ3n) is 5.55. The van der Waals surface area contributed by atoms with Crippen LogP contribution in [0.4, 0.5) is 5.69 Å². The fourth-order valence-corrected chi connectivity index (χ4v) is 4.02. The molecule has 2 aliphatic rings. The Kier molecular flexibility index (Phi) is 3.51. The zero-order valence-corrected chi connectivity index (χ0v) is 13.3. The monoisotopic (exact) mass is 296 g/mol. The van der Waals surface area contributed by atoms with Gasteiger partial charge in [0, 0.05) is 55.5 Å². The molecule has 0 saturated carbocycles. The molecular weight excluding hydrogens is 272 g/mol. The summed E-state index contributed by atoms with van der Waals surface area (Å²) in [4.78, 5) is 9.60. The number of piperazine rings is 1. The van der Waals surface area contributed by atoms with Gasteiger partial charge >= 0.3 is 0 Å². The first-order valence-electron chi connectivity index (χ1n) is 8.29. The molecule has 2 fully saturated rings. The van der Waals surface area contributed by atoms with E-state index in [1.165, 1.54) is 23.9 Å². The number of pyridine rings is 1. The number of aromatic nitrogens is 1. The molecule has 4 rings (SSSR count). The number of hydrogen-bond acceptors (Lipinski definition) is 4. The van der Waals surface area contributed by atoms with Crippen molar-refractivity contribution in [2.24, 2.45) is 0 Å². The largest absolute Gasteiger partial charge is 0.371 e. The molecule has 1 spiro atoms. The molecule has 2 aromatic rings. The van der Waals surface area contributed by atoms with Gasteiger partial charge in [-0.3, -0.25) is 9.88 Å². The molecule has 0 amide bonds. The lowest BCUT2D eigenvalue weighted by Crippen LogP contribution is -2.63. The van der Waals surface area contributed by atoms with E-state index in [0.717, 1.165) is 38.2 Å². The van der Waals surface area contributed by atoms with Gasteiger partial charge in [-0.15, -0.1) is 0 Å². The molecule has 2 aliphatic heterocycles. The molecule has 1 aromatic carbocycles. The Morgan fingerprint density at radius 1 is 1.09 bits per heavy atom. The molecule has 0 radical (unpaired) electrons. The third-order valence-corrected chi connectivity index (χ3v) is 5.55. The van der Waals surface area contributed by atoms with E-state index in [9.17, 15) is 0 Å². The summed E-state index contributed by atoms with van der Waals surface area (Å²) in [5, 5.41) is 4.86. The predicted octanol–water partition coefficient (Wildman–Crippen LogP) is 2.11. The molecule has 0 bridgehead atoms. The van der Waals surface area contributed by atoms with Crippen LogP contribution in [0.1, 0.15) is 12.8 Å². The Labute approximate surface area is 132 Å². The van der Waals surface area contributed by atoms with Crippen LogP contribution in [0.25, 0.3) is 10.9 Å². The van der Waals surface area contributed by atoms with E-state index in [-0.39, 0.29) is 0 Å². The van der Waals surface area contributed by atoms with E-state index in [0.29, 0.717) is 5.54 Å². The summed E-state index contributed by atoms with van der Waals surface area (Å²) < 4.78 is 0. The molecule has 4 nitrogen and oxygen atoms in total. The van der Waals surface area contributed by atoms with Gasteiger partial charge in [0.1, 0.15) is 0 Å². The Morgan fingerprint density at radius 3 is 2.73 bits per heavy atom. The number of anilines is 1. The smallest absolute Gasteiger partial charge is 0.0722 e. The maximum Gasteiger partial charge on any atom is 0.0722 e. The van der Waals surface area contributed by atoms with E-state index in [2.05, 4.69) is 57.5 Å². The molecule has 0 aliphatic carbocycles. The first-order chi connectivity index (χ1) is 10.8. The van der Waals surface area contributed by atoms with Crippen molar-refractivity contribution >= 4 is 16.6 Å². The second kappa shape index (κ2) is 5.52. The molecule has 1 N–H and O–H groups in total. The Hall–Kier alpha value is -1.65. The lowest BCUT2D eigenvalue weighted by molar-refractivity contribution is 0.0633. The van der Waals surface area contributed by atoms with Crippen LogP contribution in [0.2, 0.25) is 0 Å². The molecule has 22 heavy (non-hydrogen) atoms. The van der Waals surface area contributed by atoms with Crippen LogP contribution in [-0.4, -0.2) is 55.2 Å². The van der Waals surface area contributed by atoms with Gasteiger partial charge < -0.3 is 10.2 Å². The van der Waals surface area contributed by atoms with E-state index in [1.807, 2.05) is 6.20 Å².